The summed E-state index contributed by atoms with van der Waals surface area (Å²) in [6.45, 7) is 1.27. The van der Waals surface area contributed by atoms with E-state index in [9.17, 15) is 9.59 Å². The Morgan fingerprint density at radius 2 is 1.63 bits per heavy atom. The van der Waals surface area contributed by atoms with Crippen molar-refractivity contribution in [3.8, 4) is 11.5 Å². The van der Waals surface area contributed by atoms with Gasteiger partial charge in [-0.25, -0.2) is 0 Å². The molecule has 0 unspecified atom stereocenters. The molecular weight excluding hydrogens is 344 g/mol. The first kappa shape index (κ1) is 18.8. The van der Waals surface area contributed by atoms with Crippen LogP contribution in [0.2, 0.25) is 0 Å². The minimum Gasteiger partial charge on any atom is -0.493 e. The maximum absolute atomic E-state index is 12.9. The number of likely N-dealkylation sites (tertiary alicyclic amines) is 1. The fraction of sp³-hybridized carbons (Fsp3) is 0.333. The van der Waals surface area contributed by atoms with E-state index >= 15 is 0 Å². The molecule has 2 aromatic carbocycles. The monoisotopic (exact) mass is 368 g/mol. The first-order chi connectivity index (χ1) is 13.2. The van der Waals surface area contributed by atoms with Crippen LogP contribution in [0.1, 0.15) is 24.4 Å². The van der Waals surface area contributed by atoms with Crippen LogP contribution in [0.5, 0.6) is 11.5 Å². The molecule has 0 bridgehead atoms. The Bertz CT molecular complexity index is 773. The zero-order valence-electron chi connectivity index (χ0n) is 15.4. The molecule has 2 aromatic rings. The van der Waals surface area contributed by atoms with Crippen molar-refractivity contribution in [3.05, 3.63) is 60.2 Å². The summed E-state index contributed by atoms with van der Waals surface area (Å²) in [5, 5.41) is 2.82. The Hall–Kier alpha value is -3.02. The van der Waals surface area contributed by atoms with Gasteiger partial charge in [-0.15, -0.1) is 0 Å². The van der Waals surface area contributed by atoms with Gasteiger partial charge in [-0.2, -0.15) is 0 Å². The molecule has 6 nitrogen and oxygen atoms in total. The number of para-hydroxylation sites is 2. The predicted octanol–water partition coefficient (Wildman–Crippen LogP) is 2.55. The predicted molar refractivity (Wildman–Crippen MR) is 102 cm³/mol. The molecule has 1 aliphatic heterocycles. The Balaban J connectivity index is 1.68. The minimum atomic E-state index is -0.710. The summed E-state index contributed by atoms with van der Waals surface area (Å²) < 4.78 is 10.8. The smallest absolute Gasteiger partial charge is 0.258 e. The number of amides is 2. The zero-order chi connectivity index (χ0) is 19.1. The Kier molecular flexibility index (Phi) is 6.30. The van der Waals surface area contributed by atoms with Gasteiger partial charge in [0.15, 0.2) is 18.1 Å². The number of benzene rings is 2. The van der Waals surface area contributed by atoms with E-state index in [1.54, 1.807) is 30.2 Å². The molecule has 1 N–H and O–H groups in total. The average molecular weight is 368 g/mol. The molecule has 2 amide bonds. The van der Waals surface area contributed by atoms with Crippen LogP contribution in [0.4, 0.5) is 0 Å². The quantitative estimate of drug-likeness (QED) is 0.816. The number of hydrogen-bond acceptors (Lipinski definition) is 4. The highest BCUT2D eigenvalue weighted by atomic mass is 16.5. The number of methoxy groups -OCH3 is 1. The molecule has 3 rings (SSSR count). The second-order valence-electron chi connectivity index (χ2n) is 6.38. The Labute approximate surface area is 159 Å². The standard InChI is InChI=1S/C21H24N2O4/c1-26-17-11-5-6-12-18(17)27-15-19(24)22-20(16-9-3-2-4-10-16)21(25)23-13-7-8-14-23/h2-6,9-12,20H,7-8,13-15H2,1H3,(H,22,24)/t20-/m0/s1. The van der Waals surface area contributed by atoms with Gasteiger partial charge in [-0.1, -0.05) is 42.5 Å². The number of nitrogens with one attached hydrogen (secondary N) is 1. The third kappa shape index (κ3) is 4.78. The van der Waals surface area contributed by atoms with E-state index in [1.165, 1.54) is 0 Å². The van der Waals surface area contributed by atoms with E-state index in [4.69, 9.17) is 9.47 Å². The maximum Gasteiger partial charge on any atom is 0.258 e. The highest BCUT2D eigenvalue weighted by molar-refractivity contribution is 5.89. The summed E-state index contributed by atoms with van der Waals surface area (Å²) >= 11 is 0. The molecule has 1 heterocycles. The van der Waals surface area contributed by atoms with Gasteiger partial charge in [0, 0.05) is 13.1 Å². The average Bonchev–Trinajstić information content (AvgIpc) is 3.25. The number of ether oxygens (including phenoxy) is 2. The number of carbonyl (C=O) groups excluding carboxylic acids is 2. The van der Waals surface area contributed by atoms with Gasteiger partial charge in [0.05, 0.1) is 7.11 Å². The zero-order valence-corrected chi connectivity index (χ0v) is 15.4. The molecule has 1 saturated heterocycles. The lowest BCUT2D eigenvalue weighted by Crippen LogP contribution is -2.43. The largest absolute Gasteiger partial charge is 0.493 e. The summed E-state index contributed by atoms with van der Waals surface area (Å²) in [5.74, 6) is 0.599. The molecule has 6 heteroatoms. The molecule has 0 aliphatic carbocycles. The van der Waals surface area contributed by atoms with Gasteiger partial charge in [0.2, 0.25) is 5.91 Å². The van der Waals surface area contributed by atoms with Gasteiger partial charge >= 0.3 is 0 Å². The van der Waals surface area contributed by atoms with Crippen LogP contribution < -0.4 is 14.8 Å². The van der Waals surface area contributed by atoms with Crippen molar-refractivity contribution in [2.24, 2.45) is 0 Å². The van der Waals surface area contributed by atoms with Gasteiger partial charge in [-0.05, 0) is 30.5 Å². The lowest BCUT2D eigenvalue weighted by molar-refractivity contribution is -0.136. The van der Waals surface area contributed by atoms with Crippen molar-refractivity contribution >= 4 is 11.8 Å². The lowest BCUT2D eigenvalue weighted by atomic mass is 10.1. The van der Waals surface area contributed by atoms with Crippen molar-refractivity contribution in [1.29, 1.82) is 0 Å². The van der Waals surface area contributed by atoms with Crippen LogP contribution >= 0.6 is 0 Å². The van der Waals surface area contributed by atoms with Crippen LogP contribution in [0.15, 0.2) is 54.6 Å². The fourth-order valence-electron chi connectivity index (χ4n) is 3.14. The van der Waals surface area contributed by atoms with E-state index in [2.05, 4.69) is 5.32 Å². The highest BCUT2D eigenvalue weighted by Gasteiger charge is 2.29. The van der Waals surface area contributed by atoms with E-state index in [0.29, 0.717) is 11.5 Å². The number of rotatable bonds is 7. The first-order valence-electron chi connectivity index (χ1n) is 9.08. The van der Waals surface area contributed by atoms with E-state index in [-0.39, 0.29) is 18.4 Å². The van der Waals surface area contributed by atoms with Crippen LogP contribution in [0.3, 0.4) is 0 Å². The third-order valence-corrected chi connectivity index (χ3v) is 4.53. The van der Waals surface area contributed by atoms with Crippen LogP contribution in [0.25, 0.3) is 0 Å². The molecule has 1 atom stereocenters. The topological polar surface area (TPSA) is 67.9 Å². The second kappa shape index (κ2) is 9.07. The van der Waals surface area contributed by atoms with Crippen molar-refractivity contribution in [2.75, 3.05) is 26.8 Å². The molecule has 1 fully saturated rings. The van der Waals surface area contributed by atoms with E-state index < -0.39 is 6.04 Å². The third-order valence-electron chi connectivity index (χ3n) is 4.53. The summed E-state index contributed by atoms with van der Waals surface area (Å²) in [5.41, 5.74) is 0.764. The van der Waals surface area contributed by atoms with Crippen molar-refractivity contribution in [2.45, 2.75) is 18.9 Å². The summed E-state index contributed by atoms with van der Waals surface area (Å²) in [6, 6.07) is 15.7. The van der Waals surface area contributed by atoms with Crippen LogP contribution in [-0.2, 0) is 9.59 Å². The number of hydrogen-bond donors (Lipinski definition) is 1. The Morgan fingerprint density at radius 3 is 2.30 bits per heavy atom. The molecule has 1 aliphatic rings. The maximum atomic E-state index is 12.9. The van der Waals surface area contributed by atoms with Gasteiger partial charge in [0.25, 0.3) is 5.91 Å². The summed E-state index contributed by atoms with van der Waals surface area (Å²) in [6.07, 6.45) is 2.00. The van der Waals surface area contributed by atoms with Crippen LogP contribution in [0, 0.1) is 0 Å². The SMILES string of the molecule is COc1ccccc1OCC(=O)N[C@H](C(=O)N1CCCC1)c1ccccc1. The lowest BCUT2D eigenvalue weighted by Gasteiger charge is -2.24. The minimum absolute atomic E-state index is 0.0793. The molecule has 27 heavy (non-hydrogen) atoms. The molecule has 142 valence electrons. The van der Waals surface area contributed by atoms with Gasteiger partial charge in [0.1, 0.15) is 6.04 Å². The fourth-order valence-corrected chi connectivity index (χ4v) is 3.14. The summed E-state index contributed by atoms with van der Waals surface area (Å²) in [4.78, 5) is 27.2. The number of carbonyl (C=O) groups is 2. The van der Waals surface area contributed by atoms with E-state index in [0.717, 1.165) is 31.5 Å². The van der Waals surface area contributed by atoms with Gasteiger partial charge < -0.3 is 19.7 Å². The Morgan fingerprint density at radius 1 is 1.00 bits per heavy atom. The first-order valence-corrected chi connectivity index (χ1v) is 9.08. The molecule has 0 aromatic heterocycles. The van der Waals surface area contributed by atoms with Crippen molar-refractivity contribution in [1.82, 2.24) is 10.2 Å². The molecule has 0 radical (unpaired) electrons. The summed E-state index contributed by atoms with van der Waals surface area (Å²) in [7, 11) is 1.54. The molecule has 0 saturated carbocycles. The highest BCUT2D eigenvalue weighted by Crippen LogP contribution is 2.25. The molecular formula is C21H24N2O4. The number of nitrogens with zero attached hydrogens (tertiary/aromatic N) is 1. The van der Waals surface area contributed by atoms with Crippen LogP contribution in [-0.4, -0.2) is 43.5 Å². The van der Waals surface area contributed by atoms with E-state index in [1.807, 2.05) is 36.4 Å². The molecule has 0 spiro atoms. The van der Waals surface area contributed by atoms with Crippen molar-refractivity contribution in [3.63, 3.8) is 0 Å². The van der Waals surface area contributed by atoms with Gasteiger partial charge in [-0.3, -0.25) is 9.59 Å². The normalized spacial score (nSPS) is 14.5. The second-order valence-corrected chi connectivity index (χ2v) is 6.38. The van der Waals surface area contributed by atoms with Crippen molar-refractivity contribution < 1.29 is 19.1 Å².